The molecule has 1 amide bonds. The average Bonchev–Trinajstić information content (AvgIpc) is 3.30. The topological polar surface area (TPSA) is 73.0 Å². The molecule has 25 heavy (non-hydrogen) atoms. The summed E-state index contributed by atoms with van der Waals surface area (Å²) in [4.78, 5) is 17.4. The Morgan fingerprint density at radius 2 is 2.12 bits per heavy atom. The van der Waals surface area contributed by atoms with Gasteiger partial charge in [-0.1, -0.05) is 18.2 Å². The lowest BCUT2D eigenvalue weighted by atomic mass is 10.0. The molecule has 124 valence electrons. The minimum atomic E-state index is -0.167. The normalized spacial score (nSPS) is 10.9. The van der Waals surface area contributed by atoms with Crippen molar-refractivity contribution in [1.82, 2.24) is 20.1 Å². The number of nitrogens with zero attached hydrogens (tertiary/aromatic N) is 3. The van der Waals surface area contributed by atoms with Crippen LogP contribution in [0.4, 0.5) is 0 Å². The number of aromatic nitrogens is 3. The molecule has 4 rings (SSSR count). The van der Waals surface area contributed by atoms with Gasteiger partial charge < -0.3 is 9.73 Å². The number of para-hydroxylation sites is 1. The molecule has 6 nitrogen and oxygen atoms in total. The standard InChI is InChI=1S/C19H16N4O2/c1-23-12-13(10-21-23)18-9-16(15-6-2-3-7-17(15)22-18)19(24)20-11-14-5-4-8-25-14/h2-10,12H,11H2,1H3,(H,20,24). The van der Waals surface area contributed by atoms with Crippen molar-refractivity contribution in [3.63, 3.8) is 0 Å². The number of fused-ring (bicyclic) bond motifs is 1. The van der Waals surface area contributed by atoms with Crippen molar-refractivity contribution in [3.05, 3.63) is 72.4 Å². The molecule has 0 aliphatic carbocycles. The Hall–Kier alpha value is -3.41. The first-order valence-electron chi connectivity index (χ1n) is 7.90. The number of furan rings is 1. The average molecular weight is 332 g/mol. The molecule has 1 aromatic carbocycles. The summed E-state index contributed by atoms with van der Waals surface area (Å²) in [5.41, 5.74) is 2.94. The Labute approximate surface area is 144 Å². The van der Waals surface area contributed by atoms with Crippen LogP contribution in [0.1, 0.15) is 16.1 Å². The fourth-order valence-corrected chi connectivity index (χ4v) is 2.74. The highest BCUT2D eigenvalue weighted by atomic mass is 16.3. The van der Waals surface area contributed by atoms with Crippen LogP contribution in [0.5, 0.6) is 0 Å². The Morgan fingerprint density at radius 3 is 2.88 bits per heavy atom. The van der Waals surface area contributed by atoms with Gasteiger partial charge in [-0.2, -0.15) is 5.10 Å². The smallest absolute Gasteiger partial charge is 0.252 e. The predicted molar refractivity (Wildman–Crippen MR) is 93.8 cm³/mol. The van der Waals surface area contributed by atoms with E-state index in [1.165, 1.54) is 0 Å². The zero-order valence-corrected chi connectivity index (χ0v) is 13.6. The predicted octanol–water partition coefficient (Wildman–Crippen LogP) is 3.16. The molecule has 0 fully saturated rings. The first kappa shape index (κ1) is 15.1. The van der Waals surface area contributed by atoms with Crippen molar-refractivity contribution >= 4 is 16.8 Å². The van der Waals surface area contributed by atoms with E-state index in [0.717, 1.165) is 22.2 Å². The number of pyridine rings is 1. The number of hydrogen-bond acceptors (Lipinski definition) is 4. The fraction of sp³-hybridized carbons (Fsp3) is 0.105. The van der Waals surface area contributed by atoms with Gasteiger partial charge in [-0.3, -0.25) is 9.48 Å². The van der Waals surface area contributed by atoms with Gasteiger partial charge in [-0.25, -0.2) is 4.98 Å². The van der Waals surface area contributed by atoms with Crippen LogP contribution in [0, 0.1) is 0 Å². The van der Waals surface area contributed by atoms with Gasteiger partial charge >= 0.3 is 0 Å². The minimum Gasteiger partial charge on any atom is -0.467 e. The zero-order valence-electron chi connectivity index (χ0n) is 13.6. The molecule has 6 heteroatoms. The Balaban J connectivity index is 1.74. The number of hydrogen-bond donors (Lipinski definition) is 1. The number of nitrogens with one attached hydrogen (secondary N) is 1. The largest absolute Gasteiger partial charge is 0.467 e. The van der Waals surface area contributed by atoms with Gasteiger partial charge in [-0.05, 0) is 24.3 Å². The summed E-state index contributed by atoms with van der Waals surface area (Å²) in [6.45, 7) is 0.338. The van der Waals surface area contributed by atoms with Gasteiger partial charge in [0.25, 0.3) is 5.91 Å². The summed E-state index contributed by atoms with van der Waals surface area (Å²) in [5, 5.41) is 7.89. The summed E-state index contributed by atoms with van der Waals surface area (Å²) < 4.78 is 6.98. The van der Waals surface area contributed by atoms with Crippen LogP contribution in [0.15, 0.2) is 65.5 Å². The molecule has 0 aliphatic rings. The highest BCUT2D eigenvalue weighted by molar-refractivity contribution is 6.07. The summed E-state index contributed by atoms with van der Waals surface area (Å²) in [5.74, 6) is 0.541. The van der Waals surface area contributed by atoms with Gasteiger partial charge in [-0.15, -0.1) is 0 Å². The summed E-state index contributed by atoms with van der Waals surface area (Å²) in [6, 6.07) is 13.0. The molecule has 3 heterocycles. The maximum atomic E-state index is 12.7. The third-order valence-electron chi connectivity index (χ3n) is 3.96. The minimum absolute atomic E-state index is 0.167. The maximum absolute atomic E-state index is 12.7. The molecular weight excluding hydrogens is 316 g/mol. The molecule has 0 unspecified atom stereocenters. The third-order valence-corrected chi connectivity index (χ3v) is 3.96. The van der Waals surface area contributed by atoms with Crippen LogP contribution in [-0.2, 0) is 13.6 Å². The van der Waals surface area contributed by atoms with E-state index in [1.54, 1.807) is 29.3 Å². The summed E-state index contributed by atoms with van der Waals surface area (Å²) in [7, 11) is 1.85. The van der Waals surface area contributed by atoms with E-state index in [2.05, 4.69) is 15.4 Å². The molecule has 4 aromatic rings. The highest BCUT2D eigenvalue weighted by Crippen LogP contribution is 2.24. The van der Waals surface area contributed by atoms with Gasteiger partial charge in [0.2, 0.25) is 0 Å². The quantitative estimate of drug-likeness (QED) is 0.623. The second-order valence-electron chi connectivity index (χ2n) is 5.74. The molecule has 1 N–H and O–H groups in total. The van der Waals surface area contributed by atoms with Gasteiger partial charge in [0.05, 0.1) is 35.8 Å². The van der Waals surface area contributed by atoms with Crippen molar-refractivity contribution in [2.45, 2.75) is 6.54 Å². The zero-order chi connectivity index (χ0) is 17.2. The highest BCUT2D eigenvalue weighted by Gasteiger charge is 2.14. The van der Waals surface area contributed by atoms with Crippen LogP contribution in [0.2, 0.25) is 0 Å². The van der Waals surface area contributed by atoms with E-state index in [1.807, 2.05) is 43.6 Å². The number of carbonyl (C=O) groups is 1. The van der Waals surface area contributed by atoms with Crippen LogP contribution >= 0.6 is 0 Å². The number of benzene rings is 1. The van der Waals surface area contributed by atoms with Crippen molar-refractivity contribution in [3.8, 4) is 11.3 Å². The van der Waals surface area contributed by atoms with Gasteiger partial charge in [0.1, 0.15) is 5.76 Å². The maximum Gasteiger partial charge on any atom is 0.252 e. The van der Waals surface area contributed by atoms with Crippen molar-refractivity contribution in [1.29, 1.82) is 0 Å². The lowest BCUT2D eigenvalue weighted by molar-refractivity contribution is 0.0949. The van der Waals surface area contributed by atoms with E-state index in [9.17, 15) is 4.79 Å². The number of aryl methyl sites for hydroxylation is 1. The fourth-order valence-electron chi connectivity index (χ4n) is 2.74. The monoisotopic (exact) mass is 332 g/mol. The van der Waals surface area contributed by atoms with Crippen LogP contribution in [0.25, 0.3) is 22.2 Å². The molecule has 0 saturated carbocycles. The van der Waals surface area contributed by atoms with Crippen molar-refractivity contribution in [2.75, 3.05) is 0 Å². The molecular formula is C19H16N4O2. The lowest BCUT2D eigenvalue weighted by Crippen LogP contribution is -2.23. The number of rotatable bonds is 4. The van der Waals surface area contributed by atoms with E-state index in [0.29, 0.717) is 17.9 Å². The van der Waals surface area contributed by atoms with Crippen molar-refractivity contribution in [2.24, 2.45) is 7.05 Å². The van der Waals surface area contributed by atoms with E-state index in [4.69, 9.17) is 4.42 Å². The van der Waals surface area contributed by atoms with Crippen LogP contribution in [0.3, 0.4) is 0 Å². The van der Waals surface area contributed by atoms with Gasteiger partial charge in [0.15, 0.2) is 0 Å². The van der Waals surface area contributed by atoms with E-state index >= 15 is 0 Å². The third kappa shape index (κ3) is 3.01. The van der Waals surface area contributed by atoms with Gasteiger partial charge in [0, 0.05) is 24.2 Å². The van der Waals surface area contributed by atoms with Crippen LogP contribution < -0.4 is 5.32 Å². The molecule has 0 saturated heterocycles. The Kier molecular flexibility index (Phi) is 3.78. The SMILES string of the molecule is Cn1cc(-c2cc(C(=O)NCc3ccco3)c3ccccc3n2)cn1. The second-order valence-corrected chi connectivity index (χ2v) is 5.74. The Morgan fingerprint density at radius 1 is 1.24 bits per heavy atom. The second kappa shape index (κ2) is 6.24. The van der Waals surface area contributed by atoms with E-state index < -0.39 is 0 Å². The summed E-state index contributed by atoms with van der Waals surface area (Å²) >= 11 is 0. The molecule has 0 spiro atoms. The Bertz CT molecular complexity index is 1030. The molecule has 0 bridgehead atoms. The first-order chi connectivity index (χ1) is 12.2. The number of amides is 1. The molecule has 0 atom stereocenters. The summed E-state index contributed by atoms with van der Waals surface area (Å²) in [6.07, 6.45) is 5.20. The number of carbonyl (C=O) groups excluding carboxylic acids is 1. The van der Waals surface area contributed by atoms with E-state index in [-0.39, 0.29) is 5.91 Å². The lowest BCUT2D eigenvalue weighted by Gasteiger charge is -2.09. The molecule has 3 aromatic heterocycles. The van der Waals surface area contributed by atoms with Crippen LogP contribution in [-0.4, -0.2) is 20.7 Å². The van der Waals surface area contributed by atoms with Crippen molar-refractivity contribution < 1.29 is 9.21 Å². The first-order valence-corrected chi connectivity index (χ1v) is 7.90. The molecule has 0 radical (unpaired) electrons. The molecule has 0 aliphatic heterocycles.